The fourth-order valence-corrected chi connectivity index (χ4v) is 2.31. The average Bonchev–Trinajstić information content (AvgIpc) is 2.74. The number of methoxy groups -OCH3 is 1. The van der Waals surface area contributed by atoms with Gasteiger partial charge in [0.25, 0.3) is 0 Å². The van der Waals surface area contributed by atoms with Crippen LogP contribution in [0.15, 0.2) is 18.2 Å². The van der Waals surface area contributed by atoms with Crippen LogP contribution in [-0.2, 0) is 22.6 Å². The molecule has 0 fully saturated rings. The Bertz CT molecular complexity index is 418. The van der Waals surface area contributed by atoms with Crippen molar-refractivity contribution < 1.29 is 9.53 Å². The van der Waals surface area contributed by atoms with Crippen LogP contribution in [0.25, 0.3) is 0 Å². The molecule has 0 bridgehead atoms. The molecule has 0 aliphatic carbocycles. The summed E-state index contributed by atoms with van der Waals surface area (Å²) in [6.07, 6.45) is 1.32. The van der Waals surface area contributed by atoms with E-state index in [9.17, 15) is 4.79 Å². The van der Waals surface area contributed by atoms with Crippen molar-refractivity contribution in [3.05, 3.63) is 29.3 Å². The molecule has 2 N–H and O–H groups in total. The van der Waals surface area contributed by atoms with Crippen molar-refractivity contribution in [3.63, 3.8) is 0 Å². The number of ether oxygens (including phenoxy) is 1. The Labute approximate surface area is 101 Å². The fraction of sp³-hybridized carbons (Fsp3) is 0.462. The first-order valence-corrected chi connectivity index (χ1v) is 5.88. The fourth-order valence-electron chi connectivity index (χ4n) is 2.31. The van der Waals surface area contributed by atoms with Crippen molar-refractivity contribution in [2.24, 2.45) is 5.73 Å². The molecule has 1 heterocycles. The molecule has 1 aliphatic rings. The molecule has 0 spiro atoms. The minimum Gasteiger partial charge on any atom is -0.380 e. The van der Waals surface area contributed by atoms with Gasteiger partial charge in [0.15, 0.2) is 0 Å². The van der Waals surface area contributed by atoms with Crippen LogP contribution in [0, 0.1) is 0 Å². The number of hydrogen-bond acceptors (Lipinski definition) is 3. The van der Waals surface area contributed by atoms with Crippen LogP contribution in [0.4, 0.5) is 5.69 Å². The van der Waals surface area contributed by atoms with Crippen molar-refractivity contribution in [1.29, 1.82) is 0 Å². The van der Waals surface area contributed by atoms with Crippen molar-refractivity contribution in [1.82, 2.24) is 0 Å². The van der Waals surface area contributed by atoms with Crippen LogP contribution in [0.3, 0.4) is 0 Å². The van der Waals surface area contributed by atoms with E-state index in [4.69, 9.17) is 10.5 Å². The van der Waals surface area contributed by atoms with Crippen LogP contribution >= 0.6 is 0 Å². The zero-order valence-electron chi connectivity index (χ0n) is 10.1. The lowest BCUT2D eigenvalue weighted by atomic mass is 10.1. The molecule has 92 valence electrons. The van der Waals surface area contributed by atoms with Gasteiger partial charge in [-0.1, -0.05) is 12.1 Å². The molecule has 17 heavy (non-hydrogen) atoms. The second-order valence-corrected chi connectivity index (χ2v) is 4.18. The summed E-state index contributed by atoms with van der Waals surface area (Å²) >= 11 is 0. The third-order valence-corrected chi connectivity index (χ3v) is 3.08. The first kappa shape index (κ1) is 12.1. The van der Waals surface area contributed by atoms with Crippen LogP contribution in [0.2, 0.25) is 0 Å². The summed E-state index contributed by atoms with van der Waals surface area (Å²) in [7, 11) is 1.69. The van der Waals surface area contributed by atoms with Crippen LogP contribution in [0.1, 0.15) is 17.5 Å². The maximum absolute atomic E-state index is 11.9. The van der Waals surface area contributed by atoms with Gasteiger partial charge >= 0.3 is 0 Å². The maximum Gasteiger partial charge on any atom is 0.228 e. The van der Waals surface area contributed by atoms with Gasteiger partial charge in [-0.05, 0) is 23.6 Å². The number of nitrogens with two attached hydrogens (primary N) is 1. The number of hydrogen-bond donors (Lipinski definition) is 1. The molecule has 4 nitrogen and oxygen atoms in total. The SMILES string of the molecule is COCc1cccc2c1CCN2C(=O)CCN. The van der Waals surface area contributed by atoms with E-state index in [1.54, 1.807) is 7.11 Å². The second-order valence-electron chi connectivity index (χ2n) is 4.18. The molecular formula is C13H18N2O2. The van der Waals surface area contributed by atoms with Gasteiger partial charge in [0, 0.05) is 32.3 Å². The van der Waals surface area contributed by atoms with Crippen molar-refractivity contribution in [2.75, 3.05) is 25.1 Å². The van der Waals surface area contributed by atoms with Gasteiger partial charge in [-0.2, -0.15) is 0 Å². The van der Waals surface area contributed by atoms with Crippen molar-refractivity contribution >= 4 is 11.6 Å². The Morgan fingerprint density at radius 2 is 2.35 bits per heavy atom. The highest BCUT2D eigenvalue weighted by molar-refractivity contribution is 5.95. The molecule has 4 heteroatoms. The number of fused-ring (bicyclic) bond motifs is 1. The molecule has 0 saturated carbocycles. The van der Waals surface area contributed by atoms with Gasteiger partial charge in [-0.25, -0.2) is 0 Å². The van der Waals surface area contributed by atoms with Gasteiger partial charge in [0.05, 0.1) is 6.61 Å². The summed E-state index contributed by atoms with van der Waals surface area (Å²) in [5, 5.41) is 0. The number of amides is 1. The first-order chi connectivity index (χ1) is 8.27. The highest BCUT2D eigenvalue weighted by Crippen LogP contribution is 2.31. The zero-order chi connectivity index (χ0) is 12.3. The van der Waals surface area contributed by atoms with E-state index < -0.39 is 0 Å². The van der Waals surface area contributed by atoms with E-state index in [2.05, 4.69) is 6.07 Å². The Morgan fingerprint density at radius 1 is 1.53 bits per heavy atom. The third-order valence-electron chi connectivity index (χ3n) is 3.08. The molecule has 0 atom stereocenters. The number of carbonyl (C=O) groups is 1. The summed E-state index contributed by atoms with van der Waals surface area (Å²) in [5.41, 5.74) is 8.86. The van der Waals surface area contributed by atoms with Crippen molar-refractivity contribution in [3.8, 4) is 0 Å². The highest BCUT2D eigenvalue weighted by atomic mass is 16.5. The van der Waals surface area contributed by atoms with Gasteiger partial charge in [-0.3, -0.25) is 4.79 Å². The number of carbonyl (C=O) groups excluding carboxylic acids is 1. The number of anilines is 1. The maximum atomic E-state index is 11.9. The molecule has 0 saturated heterocycles. The normalized spacial score (nSPS) is 13.9. The predicted octanol–water partition coefficient (Wildman–Crippen LogP) is 1.07. The van der Waals surface area contributed by atoms with Gasteiger partial charge in [0.2, 0.25) is 5.91 Å². The molecular weight excluding hydrogens is 216 g/mol. The van der Waals surface area contributed by atoms with Crippen LogP contribution in [-0.4, -0.2) is 26.1 Å². The Hall–Kier alpha value is -1.39. The molecule has 0 radical (unpaired) electrons. The number of benzene rings is 1. The molecule has 1 aromatic rings. The third kappa shape index (κ3) is 2.33. The Balaban J connectivity index is 2.26. The summed E-state index contributed by atoms with van der Waals surface area (Å²) in [4.78, 5) is 13.7. The molecule has 1 aromatic carbocycles. The lowest BCUT2D eigenvalue weighted by molar-refractivity contribution is -0.118. The molecule has 1 amide bonds. The van der Waals surface area contributed by atoms with E-state index in [1.165, 1.54) is 11.1 Å². The standard InChI is InChI=1S/C13H18N2O2/c1-17-9-10-3-2-4-12-11(10)6-8-15(12)13(16)5-7-14/h2-4H,5-9,14H2,1H3. The van der Waals surface area contributed by atoms with Gasteiger partial charge < -0.3 is 15.4 Å². The van der Waals surface area contributed by atoms with E-state index in [1.807, 2.05) is 17.0 Å². The molecule has 0 unspecified atom stereocenters. The van der Waals surface area contributed by atoms with Crippen LogP contribution in [0.5, 0.6) is 0 Å². The second kappa shape index (κ2) is 5.29. The number of nitrogens with zero attached hydrogens (tertiary/aromatic N) is 1. The van der Waals surface area contributed by atoms with Crippen LogP contribution < -0.4 is 10.6 Å². The lowest BCUT2D eigenvalue weighted by Crippen LogP contribution is -2.30. The minimum atomic E-state index is 0.112. The molecule has 1 aliphatic heterocycles. The topological polar surface area (TPSA) is 55.6 Å². The first-order valence-electron chi connectivity index (χ1n) is 5.88. The minimum absolute atomic E-state index is 0.112. The van der Waals surface area contributed by atoms with Gasteiger partial charge in [0.1, 0.15) is 0 Å². The lowest BCUT2D eigenvalue weighted by Gasteiger charge is -2.17. The average molecular weight is 234 g/mol. The summed E-state index contributed by atoms with van der Waals surface area (Å²) in [6.45, 7) is 1.76. The zero-order valence-corrected chi connectivity index (χ0v) is 10.1. The van der Waals surface area contributed by atoms with E-state index >= 15 is 0 Å². The smallest absolute Gasteiger partial charge is 0.228 e. The monoisotopic (exact) mass is 234 g/mol. The van der Waals surface area contributed by atoms with Gasteiger partial charge in [-0.15, -0.1) is 0 Å². The summed E-state index contributed by atoms with van der Waals surface area (Å²) in [6, 6.07) is 6.02. The van der Waals surface area contributed by atoms with E-state index in [0.717, 1.165) is 18.7 Å². The Morgan fingerprint density at radius 3 is 3.06 bits per heavy atom. The Kier molecular flexibility index (Phi) is 3.76. The summed E-state index contributed by atoms with van der Waals surface area (Å²) < 4.78 is 5.17. The molecule has 2 rings (SSSR count). The van der Waals surface area contributed by atoms with E-state index in [-0.39, 0.29) is 5.91 Å². The largest absolute Gasteiger partial charge is 0.380 e. The quantitative estimate of drug-likeness (QED) is 0.848. The summed E-state index contributed by atoms with van der Waals surface area (Å²) in [5.74, 6) is 0.112. The van der Waals surface area contributed by atoms with Crippen molar-refractivity contribution in [2.45, 2.75) is 19.4 Å². The highest BCUT2D eigenvalue weighted by Gasteiger charge is 2.25. The predicted molar refractivity (Wildman–Crippen MR) is 66.9 cm³/mol. The van der Waals surface area contributed by atoms with E-state index in [0.29, 0.717) is 19.6 Å². The number of rotatable bonds is 4. The molecule has 0 aromatic heterocycles.